The van der Waals surface area contributed by atoms with Gasteiger partial charge >= 0.3 is 0 Å². The van der Waals surface area contributed by atoms with Crippen molar-refractivity contribution in [3.63, 3.8) is 0 Å². The number of nitrogens with one attached hydrogen (secondary N) is 1. The highest BCUT2D eigenvalue weighted by Gasteiger charge is 2.05. The molecule has 1 aromatic rings. The lowest BCUT2D eigenvalue weighted by Gasteiger charge is -2.02. The van der Waals surface area contributed by atoms with Crippen molar-refractivity contribution in [2.75, 3.05) is 32.6 Å². The molecule has 0 spiro atoms. The molecule has 5 heteroatoms. The van der Waals surface area contributed by atoms with Crippen LogP contribution < -0.4 is 10.2 Å². The quantitative estimate of drug-likeness (QED) is 0.683. The molecule has 0 aliphatic rings. The SMILES string of the molecule is CNCCc1nc(N(C)C)no1. The fraction of sp³-hybridized carbons (Fsp3) is 0.714. The molecule has 0 radical (unpaired) electrons. The average molecular weight is 170 g/mol. The summed E-state index contributed by atoms with van der Waals surface area (Å²) < 4.78 is 4.99. The molecule has 0 fully saturated rings. The minimum atomic E-state index is 0.626. The number of nitrogens with zero attached hydrogens (tertiary/aromatic N) is 3. The Kier molecular flexibility index (Phi) is 3.04. The van der Waals surface area contributed by atoms with Crippen LogP contribution in [-0.4, -0.2) is 37.8 Å². The monoisotopic (exact) mass is 170 g/mol. The molecule has 1 heterocycles. The maximum Gasteiger partial charge on any atom is 0.265 e. The zero-order valence-corrected chi connectivity index (χ0v) is 7.66. The van der Waals surface area contributed by atoms with E-state index in [9.17, 15) is 0 Å². The van der Waals surface area contributed by atoms with Crippen LogP contribution in [-0.2, 0) is 6.42 Å². The lowest BCUT2D eigenvalue weighted by Crippen LogP contribution is -2.12. The molecule has 12 heavy (non-hydrogen) atoms. The highest BCUT2D eigenvalue weighted by atomic mass is 16.5. The van der Waals surface area contributed by atoms with Gasteiger partial charge in [0.2, 0.25) is 5.89 Å². The number of anilines is 1. The highest BCUT2D eigenvalue weighted by Crippen LogP contribution is 2.04. The van der Waals surface area contributed by atoms with Crippen molar-refractivity contribution >= 4 is 5.95 Å². The van der Waals surface area contributed by atoms with Crippen LogP contribution in [0, 0.1) is 0 Å². The summed E-state index contributed by atoms with van der Waals surface area (Å²) in [5.41, 5.74) is 0. The van der Waals surface area contributed by atoms with Gasteiger partial charge in [-0.25, -0.2) is 0 Å². The third-order valence-electron chi connectivity index (χ3n) is 1.45. The molecule has 0 atom stereocenters. The zero-order chi connectivity index (χ0) is 8.97. The van der Waals surface area contributed by atoms with Crippen LogP contribution in [0.1, 0.15) is 5.89 Å². The molecule has 0 amide bonds. The van der Waals surface area contributed by atoms with Gasteiger partial charge < -0.3 is 14.7 Å². The zero-order valence-electron chi connectivity index (χ0n) is 7.66. The van der Waals surface area contributed by atoms with Crippen molar-refractivity contribution in [3.8, 4) is 0 Å². The maximum absolute atomic E-state index is 4.99. The summed E-state index contributed by atoms with van der Waals surface area (Å²) in [7, 11) is 5.66. The minimum Gasteiger partial charge on any atom is -0.344 e. The van der Waals surface area contributed by atoms with Gasteiger partial charge in [0.05, 0.1) is 0 Å². The van der Waals surface area contributed by atoms with Crippen LogP contribution in [0.3, 0.4) is 0 Å². The van der Waals surface area contributed by atoms with Crippen LogP contribution in [0.25, 0.3) is 0 Å². The second-order valence-corrected chi connectivity index (χ2v) is 2.74. The van der Waals surface area contributed by atoms with Gasteiger partial charge in [0.25, 0.3) is 5.95 Å². The number of hydrogen-bond acceptors (Lipinski definition) is 5. The largest absolute Gasteiger partial charge is 0.344 e. The summed E-state index contributed by atoms with van der Waals surface area (Å²) in [5, 5.41) is 6.79. The molecule has 0 aliphatic carbocycles. The molecule has 0 unspecified atom stereocenters. The van der Waals surface area contributed by atoms with E-state index in [1.165, 1.54) is 0 Å². The van der Waals surface area contributed by atoms with Gasteiger partial charge in [0.15, 0.2) is 0 Å². The van der Waals surface area contributed by atoms with E-state index in [0.717, 1.165) is 13.0 Å². The molecule has 0 saturated heterocycles. The van der Waals surface area contributed by atoms with Crippen LogP contribution in [0.5, 0.6) is 0 Å². The van der Waals surface area contributed by atoms with Crippen molar-refractivity contribution in [3.05, 3.63) is 5.89 Å². The predicted octanol–water partition coefficient (Wildman–Crippen LogP) is -0.103. The van der Waals surface area contributed by atoms with E-state index in [0.29, 0.717) is 11.8 Å². The lowest BCUT2D eigenvalue weighted by molar-refractivity contribution is 0.377. The highest BCUT2D eigenvalue weighted by molar-refractivity contribution is 5.23. The van der Waals surface area contributed by atoms with E-state index in [4.69, 9.17) is 4.52 Å². The smallest absolute Gasteiger partial charge is 0.265 e. The summed E-state index contributed by atoms with van der Waals surface area (Å²) in [6, 6.07) is 0. The second-order valence-electron chi connectivity index (χ2n) is 2.74. The van der Waals surface area contributed by atoms with E-state index in [1.54, 1.807) is 0 Å². The summed E-state index contributed by atoms with van der Waals surface area (Å²) >= 11 is 0. The first-order chi connectivity index (χ1) is 5.74. The third-order valence-corrected chi connectivity index (χ3v) is 1.45. The van der Waals surface area contributed by atoms with E-state index in [1.807, 2.05) is 26.0 Å². The Bertz CT molecular complexity index is 233. The van der Waals surface area contributed by atoms with Crippen molar-refractivity contribution in [1.29, 1.82) is 0 Å². The van der Waals surface area contributed by atoms with E-state index in [2.05, 4.69) is 15.5 Å². The Balaban J connectivity index is 2.52. The summed E-state index contributed by atoms with van der Waals surface area (Å²) in [6.07, 6.45) is 0.775. The molecule has 1 N–H and O–H groups in total. The van der Waals surface area contributed by atoms with Gasteiger partial charge in [0.1, 0.15) is 0 Å². The molecule has 0 aliphatic heterocycles. The molecular formula is C7H14N4O. The maximum atomic E-state index is 4.99. The minimum absolute atomic E-state index is 0.626. The van der Waals surface area contributed by atoms with Crippen LogP contribution in [0.15, 0.2) is 4.52 Å². The standard InChI is InChI=1S/C7H14N4O/c1-8-5-4-6-9-7(10-12-6)11(2)3/h8H,4-5H2,1-3H3. The van der Waals surface area contributed by atoms with Gasteiger partial charge in [-0.2, -0.15) is 4.98 Å². The summed E-state index contributed by atoms with van der Waals surface area (Å²) in [4.78, 5) is 5.97. The van der Waals surface area contributed by atoms with Crippen LogP contribution in [0.4, 0.5) is 5.95 Å². The second kappa shape index (κ2) is 4.06. The molecule has 68 valence electrons. The Labute approximate surface area is 71.8 Å². The van der Waals surface area contributed by atoms with Crippen molar-refractivity contribution < 1.29 is 4.52 Å². The number of rotatable bonds is 4. The van der Waals surface area contributed by atoms with Crippen molar-refractivity contribution in [1.82, 2.24) is 15.5 Å². The van der Waals surface area contributed by atoms with Gasteiger partial charge in [0, 0.05) is 27.1 Å². The first-order valence-electron chi connectivity index (χ1n) is 3.88. The Morgan fingerprint density at radius 3 is 2.75 bits per heavy atom. The van der Waals surface area contributed by atoms with Gasteiger partial charge in [-0.05, 0) is 12.2 Å². The first-order valence-corrected chi connectivity index (χ1v) is 3.88. The predicted molar refractivity (Wildman–Crippen MR) is 46.3 cm³/mol. The van der Waals surface area contributed by atoms with E-state index >= 15 is 0 Å². The molecular weight excluding hydrogens is 156 g/mol. The molecule has 1 aromatic heterocycles. The number of hydrogen-bond donors (Lipinski definition) is 1. The third kappa shape index (κ3) is 2.20. The van der Waals surface area contributed by atoms with Gasteiger partial charge in [-0.1, -0.05) is 0 Å². The summed E-state index contributed by atoms with van der Waals surface area (Å²) in [5.74, 6) is 1.30. The normalized spacial score (nSPS) is 10.2. The number of aromatic nitrogens is 2. The number of likely N-dealkylation sites (N-methyl/N-ethyl adjacent to an activating group) is 1. The molecule has 0 saturated carbocycles. The lowest BCUT2D eigenvalue weighted by atomic mass is 10.4. The molecule has 1 rings (SSSR count). The molecule has 5 nitrogen and oxygen atoms in total. The van der Waals surface area contributed by atoms with Crippen LogP contribution >= 0.6 is 0 Å². The summed E-state index contributed by atoms with van der Waals surface area (Å²) in [6.45, 7) is 0.856. The Morgan fingerprint density at radius 1 is 1.50 bits per heavy atom. The van der Waals surface area contributed by atoms with Crippen LogP contribution in [0.2, 0.25) is 0 Å². The van der Waals surface area contributed by atoms with Gasteiger partial charge in [-0.3, -0.25) is 0 Å². The Hall–Kier alpha value is -1.10. The molecule has 0 aromatic carbocycles. The Morgan fingerprint density at radius 2 is 2.25 bits per heavy atom. The first kappa shape index (κ1) is 8.99. The fourth-order valence-corrected chi connectivity index (χ4v) is 0.761. The van der Waals surface area contributed by atoms with E-state index < -0.39 is 0 Å². The fourth-order valence-electron chi connectivity index (χ4n) is 0.761. The topological polar surface area (TPSA) is 54.2 Å². The van der Waals surface area contributed by atoms with Crippen molar-refractivity contribution in [2.24, 2.45) is 0 Å². The van der Waals surface area contributed by atoms with Gasteiger partial charge in [-0.15, -0.1) is 0 Å². The molecule has 0 bridgehead atoms. The average Bonchev–Trinajstić information content (AvgIpc) is 2.48. The van der Waals surface area contributed by atoms with E-state index in [-0.39, 0.29) is 0 Å². The van der Waals surface area contributed by atoms with Crippen molar-refractivity contribution in [2.45, 2.75) is 6.42 Å².